The van der Waals surface area contributed by atoms with E-state index in [2.05, 4.69) is 18.7 Å². The Morgan fingerprint density at radius 1 is 1.30 bits per heavy atom. The van der Waals surface area contributed by atoms with E-state index in [1.165, 1.54) is 6.07 Å². The quantitative estimate of drug-likeness (QED) is 0.824. The van der Waals surface area contributed by atoms with Crippen molar-refractivity contribution in [3.8, 4) is 0 Å². The van der Waals surface area contributed by atoms with Gasteiger partial charge in [-0.1, -0.05) is 19.9 Å². The van der Waals surface area contributed by atoms with Gasteiger partial charge >= 0.3 is 7.12 Å². The van der Waals surface area contributed by atoms with E-state index in [4.69, 9.17) is 10.0 Å². The van der Waals surface area contributed by atoms with Gasteiger partial charge in [0.15, 0.2) is 0 Å². The molecule has 0 unspecified atom stereocenters. The minimum atomic E-state index is -1.62. The van der Waals surface area contributed by atoms with Crippen LogP contribution in [0.3, 0.4) is 0 Å². The zero-order valence-corrected chi connectivity index (χ0v) is 12.8. The van der Waals surface area contributed by atoms with Gasteiger partial charge in [-0.2, -0.15) is 11.8 Å². The van der Waals surface area contributed by atoms with Crippen molar-refractivity contribution >= 4 is 24.3 Å². The summed E-state index contributed by atoms with van der Waals surface area (Å²) in [5.41, 5.74) is 1.00. The van der Waals surface area contributed by atoms with Crippen molar-refractivity contribution in [1.82, 2.24) is 4.90 Å². The van der Waals surface area contributed by atoms with Crippen LogP contribution >= 0.6 is 11.8 Å². The number of benzene rings is 1. The normalized spacial score (nSPS) is 19.6. The Morgan fingerprint density at radius 2 is 2.05 bits per heavy atom. The molecule has 1 aromatic rings. The molecular weight excluding hydrogens is 276 g/mol. The van der Waals surface area contributed by atoms with Gasteiger partial charge in [0.2, 0.25) is 0 Å². The molecule has 0 aromatic heterocycles. The first-order valence-corrected chi connectivity index (χ1v) is 7.86. The molecule has 0 atom stereocenters. The third kappa shape index (κ3) is 4.48. The van der Waals surface area contributed by atoms with E-state index in [0.717, 1.165) is 36.9 Å². The minimum absolute atomic E-state index is 0.213. The predicted octanol–water partition coefficient (Wildman–Crippen LogP) is 1.22. The molecule has 0 bridgehead atoms. The lowest BCUT2D eigenvalue weighted by molar-refractivity contribution is 0.276. The summed E-state index contributed by atoms with van der Waals surface area (Å²) in [5, 5.41) is 18.3. The molecule has 110 valence electrons. The third-order valence-electron chi connectivity index (χ3n) is 3.61. The smallest absolute Gasteiger partial charge is 0.423 e. The Morgan fingerprint density at radius 3 is 2.75 bits per heavy atom. The zero-order chi connectivity index (χ0) is 14.8. The van der Waals surface area contributed by atoms with E-state index in [0.29, 0.717) is 11.3 Å². The first-order chi connectivity index (χ1) is 9.35. The summed E-state index contributed by atoms with van der Waals surface area (Å²) in [5.74, 6) is 0.646. The van der Waals surface area contributed by atoms with E-state index in [-0.39, 0.29) is 5.46 Å². The lowest BCUT2D eigenvalue weighted by Gasteiger charge is -2.22. The van der Waals surface area contributed by atoms with Crippen LogP contribution in [-0.2, 0) is 6.54 Å². The molecule has 0 spiro atoms. The van der Waals surface area contributed by atoms with Gasteiger partial charge in [-0.3, -0.25) is 4.90 Å². The fourth-order valence-electron chi connectivity index (χ4n) is 2.39. The maximum absolute atomic E-state index is 13.5. The maximum atomic E-state index is 13.5. The Labute approximate surface area is 124 Å². The molecule has 1 aromatic carbocycles. The second-order valence-electron chi connectivity index (χ2n) is 5.90. The summed E-state index contributed by atoms with van der Waals surface area (Å²) < 4.78 is 13.8. The topological polar surface area (TPSA) is 43.7 Å². The highest BCUT2D eigenvalue weighted by Crippen LogP contribution is 2.31. The van der Waals surface area contributed by atoms with Crippen LogP contribution in [0.25, 0.3) is 0 Å². The Hall–Kier alpha value is -0.555. The van der Waals surface area contributed by atoms with E-state index in [9.17, 15) is 4.39 Å². The van der Waals surface area contributed by atoms with Crippen LogP contribution < -0.4 is 5.46 Å². The summed E-state index contributed by atoms with van der Waals surface area (Å²) in [6.07, 6.45) is 1.10. The molecule has 2 N–H and O–H groups in total. The highest BCUT2D eigenvalue weighted by Gasteiger charge is 2.24. The largest absolute Gasteiger partial charge is 0.488 e. The highest BCUT2D eigenvalue weighted by atomic mass is 32.2. The minimum Gasteiger partial charge on any atom is -0.423 e. The molecular formula is C14H21BFNO2S. The molecule has 1 aliphatic rings. The fourth-order valence-corrected chi connectivity index (χ4v) is 3.53. The van der Waals surface area contributed by atoms with Gasteiger partial charge in [-0.15, -0.1) is 0 Å². The molecule has 1 aliphatic heterocycles. The fraction of sp³-hybridized carbons (Fsp3) is 0.571. The molecule has 1 heterocycles. The number of thioether (sulfide) groups is 1. The third-order valence-corrected chi connectivity index (χ3v) is 4.99. The van der Waals surface area contributed by atoms with Crippen molar-refractivity contribution in [1.29, 1.82) is 0 Å². The van der Waals surface area contributed by atoms with Gasteiger partial charge in [0.25, 0.3) is 0 Å². The number of hydrogen-bond donors (Lipinski definition) is 2. The first kappa shape index (κ1) is 15.8. The van der Waals surface area contributed by atoms with Gasteiger partial charge in [0.1, 0.15) is 5.82 Å². The van der Waals surface area contributed by atoms with Gasteiger partial charge in [-0.05, 0) is 36.1 Å². The van der Waals surface area contributed by atoms with Crippen molar-refractivity contribution in [2.45, 2.75) is 31.6 Å². The molecule has 0 radical (unpaired) electrons. The molecule has 1 saturated heterocycles. The van der Waals surface area contributed by atoms with Crippen LogP contribution in [0.15, 0.2) is 18.2 Å². The molecule has 0 amide bonds. The molecule has 0 saturated carbocycles. The molecule has 0 aliphatic carbocycles. The van der Waals surface area contributed by atoms with Gasteiger partial charge in [0.05, 0.1) is 0 Å². The summed E-state index contributed by atoms with van der Waals surface area (Å²) in [6.45, 7) is 7.11. The van der Waals surface area contributed by atoms with Gasteiger partial charge in [0, 0.05) is 23.6 Å². The van der Waals surface area contributed by atoms with E-state index >= 15 is 0 Å². The Kier molecular flexibility index (Phi) is 5.12. The van der Waals surface area contributed by atoms with Crippen molar-refractivity contribution in [3.05, 3.63) is 29.6 Å². The Balaban J connectivity index is 2.06. The number of hydrogen-bond acceptors (Lipinski definition) is 4. The van der Waals surface area contributed by atoms with Crippen LogP contribution in [-0.4, -0.2) is 45.7 Å². The summed E-state index contributed by atoms with van der Waals surface area (Å²) in [4.78, 5) is 2.30. The van der Waals surface area contributed by atoms with Crippen molar-refractivity contribution in [2.24, 2.45) is 0 Å². The average Bonchev–Trinajstić information content (AvgIpc) is 2.50. The van der Waals surface area contributed by atoms with Crippen LogP contribution in [0.4, 0.5) is 4.39 Å². The van der Waals surface area contributed by atoms with Crippen LogP contribution in [0.1, 0.15) is 25.8 Å². The summed E-state index contributed by atoms with van der Waals surface area (Å²) in [6, 6.07) is 4.29. The van der Waals surface area contributed by atoms with Crippen LogP contribution in [0.2, 0.25) is 0 Å². The summed E-state index contributed by atoms with van der Waals surface area (Å²) >= 11 is 1.97. The first-order valence-electron chi connectivity index (χ1n) is 6.87. The van der Waals surface area contributed by atoms with Crippen molar-refractivity contribution < 1.29 is 14.4 Å². The van der Waals surface area contributed by atoms with Crippen molar-refractivity contribution in [2.75, 3.05) is 18.8 Å². The van der Waals surface area contributed by atoms with E-state index in [1.807, 2.05) is 11.8 Å². The second kappa shape index (κ2) is 6.47. The van der Waals surface area contributed by atoms with E-state index in [1.54, 1.807) is 6.07 Å². The maximum Gasteiger partial charge on any atom is 0.488 e. The molecule has 1 fully saturated rings. The lowest BCUT2D eigenvalue weighted by atomic mass is 9.79. The van der Waals surface area contributed by atoms with Crippen molar-refractivity contribution in [3.63, 3.8) is 0 Å². The number of halogens is 1. The monoisotopic (exact) mass is 297 g/mol. The Bertz CT molecular complexity index is 470. The average molecular weight is 297 g/mol. The SMILES string of the molecule is CC1(C)CCN(Cc2cc(F)cc(B(O)O)c2)CCS1. The number of rotatable bonds is 3. The molecule has 20 heavy (non-hydrogen) atoms. The zero-order valence-electron chi connectivity index (χ0n) is 12.0. The predicted molar refractivity (Wildman–Crippen MR) is 82.7 cm³/mol. The summed E-state index contributed by atoms with van der Waals surface area (Å²) in [7, 11) is -1.62. The molecule has 3 nitrogen and oxygen atoms in total. The van der Waals surface area contributed by atoms with E-state index < -0.39 is 12.9 Å². The number of nitrogens with zero attached hydrogens (tertiary/aromatic N) is 1. The molecule has 6 heteroatoms. The second-order valence-corrected chi connectivity index (χ2v) is 7.70. The van der Waals surface area contributed by atoms with Gasteiger partial charge < -0.3 is 10.0 Å². The van der Waals surface area contributed by atoms with Crippen LogP contribution in [0, 0.1) is 5.82 Å². The molecule has 2 rings (SSSR count). The van der Waals surface area contributed by atoms with Crippen LogP contribution in [0.5, 0.6) is 0 Å². The van der Waals surface area contributed by atoms with Gasteiger partial charge in [-0.25, -0.2) is 4.39 Å². The standard InChI is InChI=1S/C14H21BFNO2S/c1-14(2)3-4-17(5-6-20-14)10-11-7-12(15(18)19)9-13(16)8-11/h7-9,18-19H,3-6,10H2,1-2H3. The lowest BCUT2D eigenvalue weighted by Crippen LogP contribution is -2.32. The highest BCUT2D eigenvalue weighted by molar-refractivity contribution is 8.00.